The molecule has 1 nitrogen and oxygen atoms in total. The Morgan fingerprint density at radius 3 is 2.31 bits per heavy atom. The van der Waals surface area contributed by atoms with Crippen molar-refractivity contribution in [1.29, 1.82) is 0 Å². The molecule has 0 spiro atoms. The SMILES string of the molecule is CCOc1ccc(C(Br)CC)cc1. The summed E-state index contributed by atoms with van der Waals surface area (Å²) in [6, 6.07) is 8.24. The van der Waals surface area contributed by atoms with Gasteiger partial charge in [0.25, 0.3) is 0 Å². The van der Waals surface area contributed by atoms with E-state index in [9.17, 15) is 0 Å². The molecule has 1 rings (SSSR count). The van der Waals surface area contributed by atoms with Crippen LogP contribution in [-0.2, 0) is 0 Å². The van der Waals surface area contributed by atoms with E-state index in [0.717, 1.165) is 18.8 Å². The second-order valence-electron chi connectivity index (χ2n) is 2.88. The Kier molecular flexibility index (Phi) is 4.29. The zero-order chi connectivity index (χ0) is 9.68. The van der Waals surface area contributed by atoms with Crippen molar-refractivity contribution in [2.45, 2.75) is 25.1 Å². The van der Waals surface area contributed by atoms with Gasteiger partial charge in [0.1, 0.15) is 5.75 Å². The van der Waals surface area contributed by atoms with Crippen molar-refractivity contribution in [3.63, 3.8) is 0 Å². The molecule has 0 bridgehead atoms. The molecular weight excluding hydrogens is 228 g/mol. The van der Waals surface area contributed by atoms with Crippen molar-refractivity contribution in [2.24, 2.45) is 0 Å². The fraction of sp³-hybridized carbons (Fsp3) is 0.455. The predicted octanol–water partition coefficient (Wildman–Crippen LogP) is 3.93. The monoisotopic (exact) mass is 242 g/mol. The molecule has 0 aliphatic rings. The Hall–Kier alpha value is -0.500. The third-order valence-electron chi connectivity index (χ3n) is 1.91. The molecular formula is C11H15BrO. The zero-order valence-corrected chi connectivity index (χ0v) is 9.67. The number of halogens is 1. The highest BCUT2D eigenvalue weighted by Gasteiger charge is 2.03. The molecule has 0 aliphatic carbocycles. The molecule has 0 aromatic heterocycles. The van der Waals surface area contributed by atoms with E-state index in [1.807, 2.05) is 19.1 Å². The van der Waals surface area contributed by atoms with Crippen LogP contribution in [0.25, 0.3) is 0 Å². The van der Waals surface area contributed by atoms with Crippen LogP contribution in [-0.4, -0.2) is 6.61 Å². The van der Waals surface area contributed by atoms with Gasteiger partial charge >= 0.3 is 0 Å². The maximum absolute atomic E-state index is 5.36. The lowest BCUT2D eigenvalue weighted by atomic mass is 10.1. The molecule has 0 aliphatic heterocycles. The van der Waals surface area contributed by atoms with E-state index in [4.69, 9.17) is 4.74 Å². The molecule has 0 saturated carbocycles. The standard InChI is InChI=1S/C11H15BrO/c1-3-11(12)9-5-7-10(8-6-9)13-4-2/h5-8,11H,3-4H2,1-2H3. The topological polar surface area (TPSA) is 9.23 Å². The molecule has 0 heterocycles. The van der Waals surface area contributed by atoms with Gasteiger partial charge in [-0.2, -0.15) is 0 Å². The highest BCUT2D eigenvalue weighted by atomic mass is 79.9. The van der Waals surface area contributed by atoms with Gasteiger partial charge in [0.05, 0.1) is 6.61 Å². The Balaban J connectivity index is 2.69. The number of benzene rings is 1. The van der Waals surface area contributed by atoms with Crippen LogP contribution in [0, 0.1) is 0 Å². The third kappa shape index (κ3) is 3.03. The van der Waals surface area contributed by atoms with Crippen molar-refractivity contribution >= 4 is 15.9 Å². The Bertz CT molecular complexity index is 243. The molecule has 0 saturated heterocycles. The van der Waals surface area contributed by atoms with Gasteiger partial charge in [0.15, 0.2) is 0 Å². The molecule has 72 valence electrons. The molecule has 1 aromatic carbocycles. The van der Waals surface area contributed by atoms with Gasteiger partial charge in [0.2, 0.25) is 0 Å². The average molecular weight is 243 g/mol. The van der Waals surface area contributed by atoms with Gasteiger partial charge in [-0.15, -0.1) is 0 Å². The molecule has 2 heteroatoms. The first-order chi connectivity index (χ1) is 6.27. The number of hydrogen-bond acceptors (Lipinski definition) is 1. The number of alkyl halides is 1. The molecule has 0 fully saturated rings. The predicted molar refractivity (Wildman–Crippen MR) is 59.6 cm³/mol. The number of rotatable bonds is 4. The highest BCUT2D eigenvalue weighted by molar-refractivity contribution is 9.09. The summed E-state index contributed by atoms with van der Waals surface area (Å²) in [6.07, 6.45) is 1.11. The zero-order valence-electron chi connectivity index (χ0n) is 8.09. The van der Waals surface area contributed by atoms with Crippen LogP contribution in [0.1, 0.15) is 30.7 Å². The van der Waals surface area contributed by atoms with Gasteiger partial charge < -0.3 is 4.74 Å². The van der Waals surface area contributed by atoms with Crippen molar-refractivity contribution in [2.75, 3.05) is 6.61 Å². The Morgan fingerprint density at radius 2 is 1.85 bits per heavy atom. The summed E-state index contributed by atoms with van der Waals surface area (Å²) >= 11 is 3.61. The van der Waals surface area contributed by atoms with Crippen LogP contribution in [0.3, 0.4) is 0 Å². The summed E-state index contributed by atoms with van der Waals surface area (Å²) in [7, 11) is 0. The first-order valence-electron chi connectivity index (χ1n) is 4.64. The van der Waals surface area contributed by atoms with E-state index in [0.29, 0.717) is 4.83 Å². The van der Waals surface area contributed by atoms with Crippen molar-refractivity contribution in [3.8, 4) is 5.75 Å². The van der Waals surface area contributed by atoms with Crippen molar-refractivity contribution < 1.29 is 4.74 Å². The van der Waals surface area contributed by atoms with E-state index in [1.54, 1.807) is 0 Å². The molecule has 1 unspecified atom stereocenters. The van der Waals surface area contributed by atoms with Crippen molar-refractivity contribution in [1.82, 2.24) is 0 Å². The maximum Gasteiger partial charge on any atom is 0.119 e. The van der Waals surface area contributed by atoms with Crippen LogP contribution in [0.4, 0.5) is 0 Å². The Labute approximate surface area is 88.2 Å². The fourth-order valence-electron chi connectivity index (χ4n) is 1.18. The second-order valence-corrected chi connectivity index (χ2v) is 3.98. The molecule has 13 heavy (non-hydrogen) atoms. The van der Waals surface area contributed by atoms with E-state index in [-0.39, 0.29) is 0 Å². The van der Waals surface area contributed by atoms with E-state index in [1.165, 1.54) is 5.56 Å². The lowest BCUT2D eigenvalue weighted by molar-refractivity contribution is 0.340. The minimum atomic E-state index is 0.461. The summed E-state index contributed by atoms with van der Waals surface area (Å²) in [5.74, 6) is 0.946. The van der Waals surface area contributed by atoms with Gasteiger partial charge in [-0.05, 0) is 31.0 Å². The molecule has 1 atom stereocenters. The summed E-state index contributed by atoms with van der Waals surface area (Å²) in [5, 5.41) is 0. The smallest absolute Gasteiger partial charge is 0.119 e. The molecule has 0 radical (unpaired) electrons. The van der Waals surface area contributed by atoms with Gasteiger partial charge in [-0.25, -0.2) is 0 Å². The molecule has 0 N–H and O–H groups in total. The molecule has 1 aromatic rings. The van der Waals surface area contributed by atoms with E-state index in [2.05, 4.69) is 35.0 Å². The summed E-state index contributed by atoms with van der Waals surface area (Å²) in [4.78, 5) is 0.461. The van der Waals surface area contributed by atoms with Crippen LogP contribution in [0.15, 0.2) is 24.3 Å². The average Bonchev–Trinajstić information content (AvgIpc) is 2.18. The highest BCUT2D eigenvalue weighted by Crippen LogP contribution is 2.27. The minimum Gasteiger partial charge on any atom is -0.494 e. The van der Waals surface area contributed by atoms with Gasteiger partial charge in [0, 0.05) is 4.83 Å². The molecule has 0 amide bonds. The largest absolute Gasteiger partial charge is 0.494 e. The normalized spacial score (nSPS) is 12.5. The minimum absolute atomic E-state index is 0.461. The summed E-state index contributed by atoms with van der Waals surface area (Å²) in [5.41, 5.74) is 1.31. The van der Waals surface area contributed by atoms with Gasteiger partial charge in [-0.3, -0.25) is 0 Å². The maximum atomic E-state index is 5.36. The lowest BCUT2D eigenvalue weighted by Gasteiger charge is -2.08. The van der Waals surface area contributed by atoms with Gasteiger partial charge in [-0.1, -0.05) is 35.0 Å². The first-order valence-corrected chi connectivity index (χ1v) is 5.56. The van der Waals surface area contributed by atoms with Crippen LogP contribution in [0.2, 0.25) is 0 Å². The van der Waals surface area contributed by atoms with Crippen LogP contribution >= 0.6 is 15.9 Å². The quantitative estimate of drug-likeness (QED) is 0.728. The number of hydrogen-bond donors (Lipinski definition) is 0. The number of ether oxygens (including phenoxy) is 1. The third-order valence-corrected chi connectivity index (χ3v) is 3.09. The summed E-state index contributed by atoms with van der Waals surface area (Å²) in [6.45, 7) is 4.88. The summed E-state index contributed by atoms with van der Waals surface area (Å²) < 4.78 is 5.36. The Morgan fingerprint density at radius 1 is 1.23 bits per heavy atom. The van der Waals surface area contributed by atoms with Crippen molar-refractivity contribution in [3.05, 3.63) is 29.8 Å². The van der Waals surface area contributed by atoms with E-state index >= 15 is 0 Å². The second kappa shape index (κ2) is 5.28. The van der Waals surface area contributed by atoms with E-state index < -0.39 is 0 Å². The fourth-order valence-corrected chi connectivity index (χ4v) is 1.48. The van der Waals surface area contributed by atoms with Crippen LogP contribution in [0.5, 0.6) is 5.75 Å². The first kappa shape index (κ1) is 10.6. The van der Waals surface area contributed by atoms with Crippen LogP contribution < -0.4 is 4.74 Å². The lowest BCUT2D eigenvalue weighted by Crippen LogP contribution is -1.92.